The molecule has 1 fully saturated rings. The highest BCUT2D eigenvalue weighted by Crippen LogP contribution is 2.37. The van der Waals surface area contributed by atoms with E-state index in [2.05, 4.69) is 25.2 Å². The van der Waals surface area contributed by atoms with Crippen molar-refractivity contribution in [1.29, 1.82) is 0 Å². The Morgan fingerprint density at radius 2 is 2.33 bits per heavy atom. The number of hydrogen-bond donors (Lipinski definition) is 3. The first-order valence-corrected chi connectivity index (χ1v) is 5.57. The van der Waals surface area contributed by atoms with Crippen molar-refractivity contribution in [2.75, 3.05) is 13.7 Å². The van der Waals surface area contributed by atoms with Crippen molar-refractivity contribution < 1.29 is 19.4 Å². The monoisotopic (exact) mass is 254 g/mol. The van der Waals surface area contributed by atoms with E-state index in [0.29, 0.717) is 11.7 Å². The van der Waals surface area contributed by atoms with Crippen molar-refractivity contribution in [2.24, 2.45) is 0 Å². The normalized spacial score (nSPS) is 16.1. The number of aliphatic hydroxyl groups excluding tert-OH is 1. The Hall–Kier alpha value is -1.96. The number of H-pyrrole nitrogens is 1. The predicted molar refractivity (Wildman–Crippen MR) is 58.7 cm³/mol. The number of methoxy groups -OCH3 is 1. The molecule has 1 aliphatic rings. The molecule has 1 aliphatic carbocycles. The summed E-state index contributed by atoms with van der Waals surface area (Å²) in [6.07, 6.45) is 2.08. The molecule has 1 amide bonds. The number of aliphatic hydroxyl groups is 1. The zero-order valence-electron chi connectivity index (χ0n) is 9.84. The zero-order valence-corrected chi connectivity index (χ0v) is 9.84. The van der Waals surface area contributed by atoms with Crippen LogP contribution in [-0.4, -0.2) is 51.9 Å². The number of nitrogens with zero attached hydrogens (tertiary/aromatic N) is 2. The smallest absolute Gasteiger partial charge is 0.330 e. The maximum absolute atomic E-state index is 11.7. The van der Waals surface area contributed by atoms with Gasteiger partial charge in [-0.1, -0.05) is 0 Å². The van der Waals surface area contributed by atoms with Gasteiger partial charge in [0.15, 0.2) is 6.04 Å². The molecule has 0 spiro atoms. The second kappa shape index (κ2) is 5.13. The fourth-order valence-corrected chi connectivity index (χ4v) is 1.46. The van der Waals surface area contributed by atoms with E-state index in [1.165, 1.54) is 7.11 Å². The molecule has 0 aromatic carbocycles. The summed E-state index contributed by atoms with van der Waals surface area (Å²) in [5, 5.41) is 17.7. The lowest BCUT2D eigenvalue weighted by atomic mass is 10.3. The molecule has 8 heteroatoms. The van der Waals surface area contributed by atoms with Gasteiger partial charge in [-0.25, -0.2) is 9.78 Å². The Balaban J connectivity index is 1.98. The second-order valence-electron chi connectivity index (χ2n) is 4.05. The number of nitrogens with one attached hydrogen (secondary N) is 2. The molecule has 3 N–H and O–H groups in total. The van der Waals surface area contributed by atoms with Crippen LogP contribution in [0.15, 0.2) is 0 Å². The summed E-state index contributed by atoms with van der Waals surface area (Å²) in [7, 11) is 1.18. The molecule has 98 valence electrons. The molecule has 0 radical (unpaired) electrons. The van der Waals surface area contributed by atoms with Crippen LogP contribution in [0, 0.1) is 0 Å². The van der Waals surface area contributed by atoms with E-state index in [4.69, 9.17) is 5.11 Å². The molecule has 0 aliphatic heterocycles. The predicted octanol–water partition coefficient (Wildman–Crippen LogP) is -1.05. The fraction of sp³-hybridized carbons (Fsp3) is 0.600. The molecule has 1 aromatic rings. The maximum atomic E-state index is 11.7. The van der Waals surface area contributed by atoms with Crippen LogP contribution in [0.5, 0.6) is 0 Å². The summed E-state index contributed by atoms with van der Waals surface area (Å²) >= 11 is 0. The third-order valence-electron chi connectivity index (χ3n) is 2.64. The van der Waals surface area contributed by atoms with Gasteiger partial charge in [-0.15, -0.1) is 5.10 Å². The molecular formula is C10H14N4O4. The van der Waals surface area contributed by atoms with Crippen LogP contribution in [0.3, 0.4) is 0 Å². The van der Waals surface area contributed by atoms with Gasteiger partial charge >= 0.3 is 5.97 Å². The topological polar surface area (TPSA) is 117 Å². The summed E-state index contributed by atoms with van der Waals surface area (Å²) < 4.78 is 4.43. The van der Waals surface area contributed by atoms with Crippen LogP contribution in [0.2, 0.25) is 0 Å². The van der Waals surface area contributed by atoms with Crippen LogP contribution in [-0.2, 0) is 9.53 Å². The van der Waals surface area contributed by atoms with E-state index < -0.39 is 24.5 Å². The average molecular weight is 254 g/mol. The minimum absolute atomic E-state index is 0.0424. The quantitative estimate of drug-likeness (QED) is 0.577. The van der Waals surface area contributed by atoms with Crippen LogP contribution in [0.25, 0.3) is 0 Å². The van der Waals surface area contributed by atoms with Gasteiger partial charge in [0.2, 0.25) is 5.82 Å². The lowest BCUT2D eigenvalue weighted by Gasteiger charge is -2.11. The van der Waals surface area contributed by atoms with Crippen molar-refractivity contribution in [3.8, 4) is 0 Å². The van der Waals surface area contributed by atoms with E-state index in [-0.39, 0.29) is 5.82 Å². The largest absolute Gasteiger partial charge is 0.467 e. The third-order valence-corrected chi connectivity index (χ3v) is 2.64. The van der Waals surface area contributed by atoms with Crippen molar-refractivity contribution >= 4 is 11.9 Å². The minimum Gasteiger partial charge on any atom is -0.467 e. The molecule has 1 aromatic heterocycles. The van der Waals surface area contributed by atoms with Crippen LogP contribution >= 0.6 is 0 Å². The first kappa shape index (κ1) is 12.5. The van der Waals surface area contributed by atoms with Gasteiger partial charge in [0, 0.05) is 5.92 Å². The highest BCUT2D eigenvalue weighted by molar-refractivity contribution is 5.93. The number of ether oxygens (including phenoxy) is 1. The third kappa shape index (κ3) is 2.65. The van der Waals surface area contributed by atoms with Crippen LogP contribution in [0.4, 0.5) is 0 Å². The highest BCUT2D eigenvalue weighted by atomic mass is 16.5. The van der Waals surface area contributed by atoms with E-state index in [9.17, 15) is 9.59 Å². The van der Waals surface area contributed by atoms with E-state index >= 15 is 0 Å². The molecular weight excluding hydrogens is 240 g/mol. The first-order valence-electron chi connectivity index (χ1n) is 5.57. The summed E-state index contributed by atoms with van der Waals surface area (Å²) in [5.74, 6) is -0.349. The first-order chi connectivity index (χ1) is 8.65. The van der Waals surface area contributed by atoms with Gasteiger partial charge in [-0.2, -0.15) is 0 Å². The number of carbonyl (C=O) groups is 2. The average Bonchev–Trinajstić information content (AvgIpc) is 3.12. The molecule has 1 saturated carbocycles. The molecule has 1 unspecified atom stereocenters. The molecule has 1 atom stereocenters. The Bertz CT molecular complexity index is 454. The fourth-order valence-electron chi connectivity index (χ4n) is 1.46. The van der Waals surface area contributed by atoms with Gasteiger partial charge in [0.1, 0.15) is 5.82 Å². The highest BCUT2D eigenvalue weighted by Gasteiger charge is 2.29. The SMILES string of the molecule is COC(=O)C(CO)NC(=O)c1n[nH]c(C2CC2)n1. The Kier molecular flexibility index (Phi) is 3.56. The van der Waals surface area contributed by atoms with E-state index in [1.807, 2.05) is 0 Å². The van der Waals surface area contributed by atoms with Crippen LogP contribution in [0.1, 0.15) is 35.2 Å². The minimum atomic E-state index is -1.11. The lowest BCUT2D eigenvalue weighted by Crippen LogP contribution is -2.44. The van der Waals surface area contributed by atoms with Gasteiger partial charge < -0.3 is 15.2 Å². The number of amides is 1. The molecule has 1 heterocycles. The summed E-state index contributed by atoms with van der Waals surface area (Å²) in [4.78, 5) is 26.9. The molecule has 0 bridgehead atoms. The second-order valence-corrected chi connectivity index (χ2v) is 4.05. The van der Waals surface area contributed by atoms with Gasteiger partial charge in [-0.05, 0) is 12.8 Å². The van der Waals surface area contributed by atoms with Crippen molar-refractivity contribution in [1.82, 2.24) is 20.5 Å². The van der Waals surface area contributed by atoms with Gasteiger partial charge in [-0.3, -0.25) is 9.89 Å². The van der Waals surface area contributed by atoms with Crippen LogP contribution < -0.4 is 5.32 Å². The van der Waals surface area contributed by atoms with Crippen molar-refractivity contribution in [3.63, 3.8) is 0 Å². The number of rotatable bonds is 5. The number of esters is 1. The molecule has 8 nitrogen and oxygen atoms in total. The number of hydrogen-bond acceptors (Lipinski definition) is 6. The standard InChI is InChI=1S/C10H14N4O4/c1-18-10(17)6(4-15)11-9(16)8-12-7(13-14-8)5-2-3-5/h5-6,15H,2-4H2,1H3,(H,11,16)(H,12,13,14). The molecule has 18 heavy (non-hydrogen) atoms. The zero-order chi connectivity index (χ0) is 13.1. The lowest BCUT2D eigenvalue weighted by molar-refractivity contribution is -0.143. The Labute approximate surface area is 103 Å². The number of aromatic nitrogens is 3. The van der Waals surface area contributed by atoms with Crippen molar-refractivity contribution in [3.05, 3.63) is 11.6 Å². The number of aromatic amines is 1. The van der Waals surface area contributed by atoms with Gasteiger partial charge in [0.25, 0.3) is 5.91 Å². The summed E-state index contributed by atoms with van der Waals surface area (Å²) in [6.45, 7) is -0.543. The number of carbonyl (C=O) groups excluding carboxylic acids is 2. The summed E-state index contributed by atoms with van der Waals surface area (Å²) in [6, 6.07) is -1.11. The van der Waals surface area contributed by atoms with Crippen molar-refractivity contribution in [2.45, 2.75) is 24.8 Å². The van der Waals surface area contributed by atoms with E-state index in [1.54, 1.807) is 0 Å². The Morgan fingerprint density at radius 3 is 2.89 bits per heavy atom. The maximum Gasteiger partial charge on any atom is 0.330 e. The molecule has 2 rings (SSSR count). The Morgan fingerprint density at radius 1 is 1.61 bits per heavy atom. The molecule has 0 saturated heterocycles. The van der Waals surface area contributed by atoms with Gasteiger partial charge in [0.05, 0.1) is 13.7 Å². The van der Waals surface area contributed by atoms with E-state index in [0.717, 1.165) is 12.8 Å². The summed E-state index contributed by atoms with van der Waals surface area (Å²) in [5.41, 5.74) is 0.